The van der Waals surface area contributed by atoms with Gasteiger partial charge in [0.2, 0.25) is 11.8 Å². The number of aromatic nitrogens is 2. The van der Waals surface area contributed by atoms with Gasteiger partial charge in [-0.25, -0.2) is 14.6 Å². The Morgan fingerprint density at radius 1 is 0.700 bits per heavy atom. The van der Waals surface area contributed by atoms with Crippen molar-refractivity contribution in [1.29, 1.82) is 0 Å². The molecule has 14 heteroatoms. The third-order valence-corrected chi connectivity index (χ3v) is 10.4. The number of nitrogens with zero attached hydrogens (tertiary/aromatic N) is 4. The van der Waals surface area contributed by atoms with Gasteiger partial charge in [-0.05, 0) is 47.9 Å². The summed E-state index contributed by atoms with van der Waals surface area (Å²) in [4.78, 5) is 66.3. The Balaban J connectivity index is 0.882. The molecule has 14 nitrogen and oxygen atoms in total. The fourth-order valence-electron chi connectivity index (χ4n) is 7.70. The molecule has 5 atom stereocenters. The maximum Gasteiger partial charge on any atom is 0.407 e. The lowest BCUT2D eigenvalue weighted by Gasteiger charge is -2.31. The van der Waals surface area contributed by atoms with Crippen LogP contribution in [0.2, 0.25) is 0 Å². The van der Waals surface area contributed by atoms with Crippen molar-refractivity contribution in [2.24, 2.45) is 4.99 Å². The Morgan fingerprint density at radius 3 is 1.88 bits per heavy atom. The Morgan fingerprint density at radius 2 is 1.26 bits per heavy atom. The normalized spacial score (nSPS) is 26.4. The van der Waals surface area contributed by atoms with E-state index >= 15 is 0 Å². The van der Waals surface area contributed by atoms with E-state index in [4.69, 9.17) is 14.5 Å². The molecule has 1 unspecified atom stereocenters. The smallest absolute Gasteiger partial charge is 0.407 e. The summed E-state index contributed by atoms with van der Waals surface area (Å²) in [6.45, 7) is 2.37. The SMILES string of the molecule is O=C1N[C@H](C(=O)N2CCC[C@H]2C2=NCC(c3ccc(-c4ccc(-c5cnc([C@@H]6CCCN6C(=O)[C@@H]6CCOC(=O)N6)[nH]5)cc4)cc3)N2)CCO1. The van der Waals surface area contributed by atoms with E-state index in [1.165, 1.54) is 0 Å². The van der Waals surface area contributed by atoms with E-state index in [2.05, 4.69) is 74.4 Å². The highest BCUT2D eigenvalue weighted by atomic mass is 16.6. The number of hydrogen-bond acceptors (Lipinski definition) is 9. The van der Waals surface area contributed by atoms with E-state index in [0.717, 1.165) is 65.3 Å². The molecule has 0 saturated carbocycles. The van der Waals surface area contributed by atoms with Crippen molar-refractivity contribution >= 4 is 29.8 Å². The number of hydrogen-bond donors (Lipinski definition) is 4. The number of H-pyrrole nitrogens is 1. The van der Waals surface area contributed by atoms with Crippen LogP contribution in [-0.2, 0) is 19.1 Å². The molecule has 1 aromatic heterocycles. The fourth-order valence-corrected chi connectivity index (χ4v) is 7.70. The number of aliphatic imine (C=N–C) groups is 1. The summed E-state index contributed by atoms with van der Waals surface area (Å²) in [6.07, 6.45) is 5.07. The molecule has 2 aromatic carbocycles. The zero-order valence-electron chi connectivity index (χ0n) is 27.6. The maximum atomic E-state index is 13.2. The predicted octanol–water partition coefficient (Wildman–Crippen LogP) is 3.44. The molecule has 4 saturated heterocycles. The van der Waals surface area contributed by atoms with Crippen molar-refractivity contribution in [1.82, 2.24) is 35.7 Å². The monoisotopic (exact) mass is 680 g/mol. The van der Waals surface area contributed by atoms with Crippen LogP contribution in [0.3, 0.4) is 0 Å². The van der Waals surface area contributed by atoms with Gasteiger partial charge in [0, 0.05) is 25.9 Å². The van der Waals surface area contributed by atoms with Gasteiger partial charge < -0.3 is 40.2 Å². The first-order chi connectivity index (χ1) is 24.4. The highest BCUT2D eigenvalue weighted by molar-refractivity contribution is 5.95. The molecule has 5 aliphatic rings. The minimum absolute atomic E-state index is 0.0258. The van der Waals surface area contributed by atoms with Gasteiger partial charge in [0.25, 0.3) is 0 Å². The van der Waals surface area contributed by atoms with Crippen LogP contribution >= 0.6 is 0 Å². The number of amides is 4. The summed E-state index contributed by atoms with van der Waals surface area (Å²) in [6, 6.07) is 15.4. The molecule has 4 amide bonds. The summed E-state index contributed by atoms with van der Waals surface area (Å²) in [5.74, 6) is 1.41. The number of likely N-dealkylation sites (tertiary alicyclic amines) is 2. The van der Waals surface area contributed by atoms with Crippen LogP contribution in [0.4, 0.5) is 9.59 Å². The van der Waals surface area contributed by atoms with Gasteiger partial charge in [0.15, 0.2) is 0 Å². The van der Waals surface area contributed by atoms with Gasteiger partial charge in [0.1, 0.15) is 23.7 Å². The Labute approximate surface area is 289 Å². The average molecular weight is 681 g/mol. The Kier molecular flexibility index (Phi) is 8.59. The lowest BCUT2D eigenvalue weighted by atomic mass is 9.99. The summed E-state index contributed by atoms with van der Waals surface area (Å²) in [5.41, 5.74) is 5.18. The lowest BCUT2D eigenvalue weighted by molar-refractivity contribution is -0.135. The molecule has 4 fully saturated rings. The van der Waals surface area contributed by atoms with Crippen molar-refractivity contribution < 1.29 is 28.7 Å². The van der Waals surface area contributed by atoms with Crippen LogP contribution in [0.15, 0.2) is 59.7 Å². The molecule has 4 N–H and O–H groups in total. The van der Waals surface area contributed by atoms with Gasteiger partial charge >= 0.3 is 12.2 Å². The molecule has 0 radical (unpaired) electrons. The van der Waals surface area contributed by atoms with E-state index in [1.807, 2.05) is 16.0 Å². The zero-order chi connectivity index (χ0) is 34.2. The zero-order valence-corrected chi connectivity index (χ0v) is 27.6. The van der Waals surface area contributed by atoms with Crippen LogP contribution in [0.1, 0.15) is 62.0 Å². The number of ether oxygens (including phenoxy) is 2. The van der Waals surface area contributed by atoms with Gasteiger partial charge in [-0.3, -0.25) is 14.6 Å². The molecule has 3 aromatic rings. The topological polar surface area (TPSA) is 170 Å². The summed E-state index contributed by atoms with van der Waals surface area (Å²) in [5, 5.41) is 8.87. The molecule has 0 bridgehead atoms. The van der Waals surface area contributed by atoms with E-state index in [-0.39, 0.29) is 43.2 Å². The summed E-state index contributed by atoms with van der Waals surface area (Å²) >= 11 is 0. The van der Waals surface area contributed by atoms with E-state index < -0.39 is 24.3 Å². The van der Waals surface area contributed by atoms with Crippen molar-refractivity contribution in [2.75, 3.05) is 32.8 Å². The molecular formula is C36H40N8O6. The molecular weight excluding hydrogens is 640 g/mol. The fraction of sp³-hybridized carbons (Fsp3) is 0.444. The Bertz CT molecular complexity index is 1810. The van der Waals surface area contributed by atoms with Crippen LogP contribution in [0.25, 0.3) is 22.4 Å². The van der Waals surface area contributed by atoms with Gasteiger partial charge in [0.05, 0.1) is 49.8 Å². The number of aromatic amines is 1. The van der Waals surface area contributed by atoms with Crippen LogP contribution in [0, 0.1) is 0 Å². The number of benzene rings is 2. The molecule has 5 aliphatic heterocycles. The van der Waals surface area contributed by atoms with Crippen LogP contribution in [0.5, 0.6) is 0 Å². The first-order valence-corrected chi connectivity index (χ1v) is 17.5. The number of imidazole rings is 1. The molecule has 6 heterocycles. The summed E-state index contributed by atoms with van der Waals surface area (Å²) < 4.78 is 9.86. The second-order valence-corrected chi connectivity index (χ2v) is 13.4. The standard InChI is InChI=1S/C36H40N8O6/c45-33(25-13-17-49-35(47)41-25)43-15-1-3-29(43)31-37-19-27(39-31)23-9-5-21(6-10-23)22-7-11-24(12-8-22)28-20-38-32(40-28)30-4-2-16-44(30)34(46)26-14-18-50-36(48)42-26/h5-12,19,25-26,28-30H,1-4,13-18,20H2,(H,37,39)(H,38,40)(H,41,47)(H,42,48)/t25-,26-,28?,29-,30-/m0/s1. The second kappa shape index (κ2) is 13.5. The number of alkyl carbamates (subject to hydrolysis) is 2. The van der Waals surface area contributed by atoms with E-state index in [9.17, 15) is 19.2 Å². The number of cyclic esters (lactones) is 2. The number of nitrogens with one attached hydrogen (secondary N) is 4. The number of amidine groups is 1. The molecule has 0 spiro atoms. The van der Waals surface area contributed by atoms with Crippen molar-refractivity contribution in [3.8, 4) is 22.4 Å². The number of carbonyl (C=O) groups is 4. The molecule has 260 valence electrons. The van der Waals surface area contributed by atoms with Crippen LogP contribution in [-0.4, -0.2) is 101 Å². The van der Waals surface area contributed by atoms with Crippen LogP contribution < -0.4 is 16.0 Å². The van der Waals surface area contributed by atoms with Gasteiger partial charge in [-0.2, -0.15) is 0 Å². The second-order valence-electron chi connectivity index (χ2n) is 13.4. The number of rotatable bonds is 7. The molecule has 8 rings (SSSR count). The third-order valence-electron chi connectivity index (χ3n) is 10.4. The highest BCUT2D eigenvalue weighted by Crippen LogP contribution is 2.33. The minimum atomic E-state index is -0.567. The molecule has 0 aliphatic carbocycles. The van der Waals surface area contributed by atoms with E-state index in [1.54, 1.807) is 0 Å². The molecule has 50 heavy (non-hydrogen) atoms. The highest BCUT2D eigenvalue weighted by Gasteiger charge is 2.40. The van der Waals surface area contributed by atoms with E-state index in [0.29, 0.717) is 32.5 Å². The largest absolute Gasteiger partial charge is 0.449 e. The number of carbonyl (C=O) groups excluding carboxylic acids is 4. The lowest BCUT2D eigenvalue weighted by Crippen LogP contribution is -2.55. The quantitative estimate of drug-likeness (QED) is 0.294. The minimum Gasteiger partial charge on any atom is -0.449 e. The summed E-state index contributed by atoms with van der Waals surface area (Å²) in [7, 11) is 0. The first kappa shape index (κ1) is 31.8. The van der Waals surface area contributed by atoms with Gasteiger partial charge in [-0.15, -0.1) is 0 Å². The van der Waals surface area contributed by atoms with Crippen molar-refractivity contribution in [3.63, 3.8) is 0 Å². The van der Waals surface area contributed by atoms with Gasteiger partial charge in [-0.1, -0.05) is 48.5 Å². The predicted molar refractivity (Wildman–Crippen MR) is 182 cm³/mol. The third kappa shape index (κ3) is 6.25. The maximum absolute atomic E-state index is 13.2. The van der Waals surface area contributed by atoms with Crippen molar-refractivity contribution in [2.45, 2.75) is 68.7 Å². The average Bonchev–Trinajstić information content (AvgIpc) is 3.98. The Hall–Kier alpha value is -5.40. The first-order valence-electron chi connectivity index (χ1n) is 17.5. The van der Waals surface area contributed by atoms with Crippen molar-refractivity contribution in [3.05, 3.63) is 66.1 Å².